The van der Waals surface area contributed by atoms with Gasteiger partial charge in [0.05, 0.1) is 4.92 Å². The number of nitrogens with one attached hydrogen (secondary N) is 2. The van der Waals surface area contributed by atoms with Crippen molar-refractivity contribution in [3.63, 3.8) is 0 Å². The van der Waals surface area contributed by atoms with Gasteiger partial charge in [-0.05, 0) is 36.8 Å². The van der Waals surface area contributed by atoms with Crippen LogP contribution in [0.5, 0.6) is 0 Å². The molecule has 4 amide bonds. The Bertz CT molecular complexity index is 1030. The number of carbonyl (C=O) groups is 3. The Labute approximate surface area is 162 Å². The van der Waals surface area contributed by atoms with Gasteiger partial charge in [-0.25, -0.2) is 13.6 Å². The molecule has 1 heterocycles. The van der Waals surface area contributed by atoms with E-state index < -0.39 is 46.5 Å². The lowest BCUT2D eigenvalue weighted by atomic mass is 9.92. The fourth-order valence-electron chi connectivity index (χ4n) is 2.87. The minimum atomic E-state index is -1.52. The Morgan fingerprint density at radius 1 is 1.17 bits per heavy atom. The molecule has 1 aliphatic rings. The summed E-state index contributed by atoms with van der Waals surface area (Å²) in [5.41, 5.74) is -1.45. The van der Waals surface area contributed by atoms with Gasteiger partial charge >= 0.3 is 6.03 Å². The summed E-state index contributed by atoms with van der Waals surface area (Å²) in [6, 6.07) is 6.93. The van der Waals surface area contributed by atoms with Crippen molar-refractivity contribution in [2.45, 2.75) is 12.5 Å². The van der Waals surface area contributed by atoms with Crippen molar-refractivity contribution in [1.82, 2.24) is 10.2 Å². The monoisotopic (exact) mass is 404 g/mol. The zero-order valence-corrected chi connectivity index (χ0v) is 14.9. The van der Waals surface area contributed by atoms with E-state index >= 15 is 0 Å². The van der Waals surface area contributed by atoms with E-state index in [1.807, 2.05) is 0 Å². The molecule has 29 heavy (non-hydrogen) atoms. The Morgan fingerprint density at radius 3 is 2.41 bits per heavy atom. The standard InChI is InChI=1S/C18H14F2N4O5/c1-18(10-2-5-12(6-3-10)24(28)29)16(26)23(17(27)22-18)9-15(25)21-11-4-7-13(19)14(20)8-11/h2-8H,9H2,1H3,(H,21,25)(H,22,27)/t18-/m1/s1. The summed E-state index contributed by atoms with van der Waals surface area (Å²) in [7, 11) is 0. The number of amides is 4. The predicted molar refractivity (Wildman–Crippen MR) is 95.7 cm³/mol. The molecule has 2 aromatic carbocycles. The third-order valence-electron chi connectivity index (χ3n) is 4.44. The number of hydrogen-bond donors (Lipinski definition) is 2. The summed E-state index contributed by atoms with van der Waals surface area (Å²) in [6.45, 7) is 0.744. The molecule has 1 aliphatic heterocycles. The highest BCUT2D eigenvalue weighted by atomic mass is 19.2. The van der Waals surface area contributed by atoms with Crippen molar-refractivity contribution in [3.05, 3.63) is 69.8 Å². The highest BCUT2D eigenvalue weighted by molar-refractivity contribution is 6.10. The Hall–Kier alpha value is -3.89. The van der Waals surface area contributed by atoms with Gasteiger partial charge in [-0.2, -0.15) is 0 Å². The predicted octanol–water partition coefficient (Wildman–Crippen LogP) is 2.28. The second kappa shape index (κ2) is 7.26. The molecule has 0 unspecified atom stereocenters. The highest BCUT2D eigenvalue weighted by Crippen LogP contribution is 2.30. The quantitative estimate of drug-likeness (QED) is 0.450. The molecule has 1 fully saturated rings. The largest absolute Gasteiger partial charge is 0.325 e. The van der Waals surface area contributed by atoms with Gasteiger partial charge in [0.15, 0.2) is 11.6 Å². The molecular formula is C18H14F2N4O5. The maximum atomic E-state index is 13.2. The number of nitro groups is 1. The molecule has 11 heteroatoms. The van der Waals surface area contributed by atoms with E-state index in [1.54, 1.807) is 0 Å². The van der Waals surface area contributed by atoms with Crippen molar-refractivity contribution in [2.24, 2.45) is 0 Å². The zero-order chi connectivity index (χ0) is 21.3. The molecule has 2 N–H and O–H groups in total. The van der Waals surface area contributed by atoms with Gasteiger partial charge in [-0.15, -0.1) is 0 Å². The summed E-state index contributed by atoms with van der Waals surface area (Å²) in [5, 5.41) is 15.5. The van der Waals surface area contributed by atoms with Crippen LogP contribution in [0.15, 0.2) is 42.5 Å². The first kappa shape index (κ1) is 19.9. The first-order valence-electron chi connectivity index (χ1n) is 8.26. The molecule has 3 rings (SSSR count). The van der Waals surface area contributed by atoms with Gasteiger partial charge in [0.2, 0.25) is 5.91 Å². The lowest BCUT2D eigenvalue weighted by Gasteiger charge is -2.22. The molecule has 0 spiro atoms. The number of imide groups is 1. The second-order valence-corrected chi connectivity index (χ2v) is 6.43. The van der Waals surface area contributed by atoms with E-state index in [2.05, 4.69) is 10.6 Å². The van der Waals surface area contributed by atoms with Crippen LogP contribution in [-0.2, 0) is 15.1 Å². The molecule has 150 valence electrons. The van der Waals surface area contributed by atoms with Crippen molar-refractivity contribution >= 4 is 29.2 Å². The number of hydrogen-bond acceptors (Lipinski definition) is 5. The van der Waals surface area contributed by atoms with Crippen LogP contribution in [0.1, 0.15) is 12.5 Å². The molecule has 0 aliphatic carbocycles. The molecule has 0 bridgehead atoms. The Balaban J connectivity index is 1.74. The number of carbonyl (C=O) groups excluding carboxylic acids is 3. The van der Waals surface area contributed by atoms with E-state index in [4.69, 9.17) is 0 Å². The highest BCUT2D eigenvalue weighted by Gasteiger charge is 2.49. The number of benzene rings is 2. The van der Waals surface area contributed by atoms with Gasteiger partial charge in [-0.3, -0.25) is 24.6 Å². The van der Waals surface area contributed by atoms with Crippen LogP contribution < -0.4 is 10.6 Å². The first-order chi connectivity index (χ1) is 13.6. The van der Waals surface area contributed by atoms with Crippen molar-refractivity contribution in [1.29, 1.82) is 0 Å². The fraction of sp³-hybridized carbons (Fsp3) is 0.167. The van der Waals surface area contributed by atoms with Gasteiger partial charge < -0.3 is 10.6 Å². The molecule has 2 aromatic rings. The van der Waals surface area contributed by atoms with Gasteiger partial charge in [-0.1, -0.05) is 0 Å². The molecule has 1 saturated heterocycles. The van der Waals surface area contributed by atoms with Gasteiger partial charge in [0, 0.05) is 23.9 Å². The number of non-ortho nitro benzene ring substituents is 1. The number of anilines is 1. The fourth-order valence-corrected chi connectivity index (χ4v) is 2.87. The number of urea groups is 1. The van der Waals surface area contributed by atoms with Crippen molar-refractivity contribution in [2.75, 3.05) is 11.9 Å². The maximum absolute atomic E-state index is 13.2. The average molecular weight is 404 g/mol. The van der Waals surface area contributed by atoms with Crippen molar-refractivity contribution < 1.29 is 28.1 Å². The Morgan fingerprint density at radius 2 is 1.83 bits per heavy atom. The normalized spacial score (nSPS) is 18.5. The summed E-state index contributed by atoms with van der Waals surface area (Å²) >= 11 is 0. The number of nitrogens with zero attached hydrogens (tertiary/aromatic N) is 2. The number of rotatable bonds is 5. The zero-order valence-electron chi connectivity index (χ0n) is 14.9. The summed E-state index contributed by atoms with van der Waals surface area (Å²) in [5.74, 6) is -3.79. The van der Waals surface area contributed by atoms with Crippen molar-refractivity contribution in [3.8, 4) is 0 Å². The first-order valence-corrected chi connectivity index (χ1v) is 8.26. The van der Waals surface area contributed by atoms with Crippen LogP contribution >= 0.6 is 0 Å². The van der Waals surface area contributed by atoms with Crippen LogP contribution in [0.4, 0.5) is 25.0 Å². The second-order valence-electron chi connectivity index (χ2n) is 6.43. The average Bonchev–Trinajstić information content (AvgIpc) is 2.89. The van der Waals surface area contributed by atoms with Gasteiger partial charge in [0.25, 0.3) is 11.6 Å². The molecule has 9 nitrogen and oxygen atoms in total. The lowest BCUT2D eigenvalue weighted by Crippen LogP contribution is -2.42. The van der Waals surface area contributed by atoms with Crippen LogP contribution in [0.2, 0.25) is 0 Å². The minimum absolute atomic E-state index is 0.0425. The van der Waals surface area contributed by atoms with E-state index in [9.17, 15) is 33.3 Å². The van der Waals surface area contributed by atoms with Crippen LogP contribution in [0, 0.1) is 21.7 Å². The SMILES string of the molecule is C[C@]1(c2ccc([N+](=O)[O-])cc2)NC(=O)N(CC(=O)Nc2ccc(F)c(F)c2)C1=O. The number of nitro benzene ring substituents is 1. The summed E-state index contributed by atoms with van der Waals surface area (Å²) in [4.78, 5) is 48.0. The molecule has 0 aromatic heterocycles. The van der Waals surface area contributed by atoms with Crippen LogP contribution in [0.25, 0.3) is 0 Å². The van der Waals surface area contributed by atoms with E-state index in [1.165, 1.54) is 31.2 Å². The summed E-state index contributed by atoms with van der Waals surface area (Å²) < 4.78 is 26.2. The maximum Gasteiger partial charge on any atom is 0.325 e. The van der Waals surface area contributed by atoms with E-state index in [-0.39, 0.29) is 11.4 Å². The Kier molecular flexibility index (Phi) is 4.97. The lowest BCUT2D eigenvalue weighted by molar-refractivity contribution is -0.384. The van der Waals surface area contributed by atoms with Crippen LogP contribution in [0.3, 0.4) is 0 Å². The number of halogens is 2. The topological polar surface area (TPSA) is 122 Å². The molecular weight excluding hydrogens is 390 g/mol. The molecule has 0 radical (unpaired) electrons. The third-order valence-corrected chi connectivity index (χ3v) is 4.44. The molecule has 1 atom stereocenters. The third kappa shape index (κ3) is 3.74. The minimum Gasteiger partial charge on any atom is -0.324 e. The van der Waals surface area contributed by atoms with E-state index in [0.717, 1.165) is 18.2 Å². The summed E-state index contributed by atoms with van der Waals surface area (Å²) in [6.07, 6.45) is 0. The smallest absolute Gasteiger partial charge is 0.324 e. The van der Waals surface area contributed by atoms with Gasteiger partial charge in [0.1, 0.15) is 12.1 Å². The molecule has 0 saturated carbocycles. The van der Waals surface area contributed by atoms with E-state index in [0.29, 0.717) is 10.5 Å². The van der Waals surface area contributed by atoms with Crippen LogP contribution in [-0.4, -0.2) is 34.2 Å².